The maximum absolute atomic E-state index is 13.4. The third kappa shape index (κ3) is 4.03. The van der Waals surface area contributed by atoms with Crippen LogP contribution < -0.4 is 5.32 Å². The minimum Gasteiger partial charge on any atom is -0.481 e. The van der Waals surface area contributed by atoms with Crippen molar-refractivity contribution in [3.05, 3.63) is 114 Å². The summed E-state index contributed by atoms with van der Waals surface area (Å²) in [7, 11) is 0. The van der Waals surface area contributed by atoms with E-state index in [-0.39, 0.29) is 17.7 Å². The molecule has 0 bridgehead atoms. The second kappa shape index (κ2) is 8.78. The fourth-order valence-corrected chi connectivity index (χ4v) is 4.29. The van der Waals surface area contributed by atoms with Crippen LogP contribution in [0.5, 0.6) is 0 Å². The van der Waals surface area contributed by atoms with Gasteiger partial charge in [-0.2, -0.15) is 0 Å². The average molecular weight is 397 g/mol. The highest BCUT2D eigenvalue weighted by molar-refractivity contribution is 5.96. The molecule has 3 aromatic carbocycles. The van der Waals surface area contributed by atoms with E-state index in [0.29, 0.717) is 5.69 Å². The SMILES string of the molecule is O=C(O)[C@@H]1[C@H](C(=O)Nc2ccccc2)[C@H](c2ccccc2)C=C[C@H]1c1ccccc1. The van der Waals surface area contributed by atoms with Crippen LogP contribution in [0.15, 0.2) is 103 Å². The second-order valence-corrected chi connectivity index (χ2v) is 7.50. The van der Waals surface area contributed by atoms with Crippen molar-refractivity contribution in [2.75, 3.05) is 5.32 Å². The predicted octanol–water partition coefficient (Wildman–Crippen LogP) is 5.08. The lowest BCUT2D eigenvalue weighted by Crippen LogP contribution is -2.42. The van der Waals surface area contributed by atoms with Crippen LogP contribution >= 0.6 is 0 Å². The summed E-state index contributed by atoms with van der Waals surface area (Å²) in [6.45, 7) is 0. The number of anilines is 1. The quantitative estimate of drug-likeness (QED) is 0.590. The maximum atomic E-state index is 13.4. The first kappa shape index (κ1) is 19.6. The highest BCUT2D eigenvalue weighted by atomic mass is 16.4. The molecule has 4 heteroatoms. The van der Waals surface area contributed by atoms with E-state index in [1.807, 2.05) is 91.0 Å². The molecule has 0 unspecified atom stereocenters. The van der Waals surface area contributed by atoms with Crippen molar-refractivity contribution in [3.63, 3.8) is 0 Å². The number of nitrogens with one attached hydrogen (secondary N) is 1. The molecule has 2 N–H and O–H groups in total. The van der Waals surface area contributed by atoms with Crippen LogP contribution in [0.3, 0.4) is 0 Å². The van der Waals surface area contributed by atoms with Gasteiger partial charge in [0.1, 0.15) is 0 Å². The van der Waals surface area contributed by atoms with Gasteiger partial charge in [-0.3, -0.25) is 9.59 Å². The minimum atomic E-state index is -0.970. The Morgan fingerprint density at radius 3 is 1.53 bits per heavy atom. The normalized spacial score (nSPS) is 22.9. The van der Waals surface area contributed by atoms with Crippen molar-refractivity contribution in [2.24, 2.45) is 11.8 Å². The summed E-state index contributed by atoms with van der Waals surface area (Å²) in [5.41, 5.74) is 2.48. The molecule has 150 valence electrons. The van der Waals surface area contributed by atoms with Crippen molar-refractivity contribution in [1.82, 2.24) is 0 Å². The lowest BCUT2D eigenvalue weighted by atomic mass is 9.66. The minimum absolute atomic E-state index is 0.285. The van der Waals surface area contributed by atoms with Gasteiger partial charge in [0.05, 0.1) is 11.8 Å². The van der Waals surface area contributed by atoms with E-state index in [9.17, 15) is 14.7 Å². The third-order valence-corrected chi connectivity index (χ3v) is 5.68. The Hall–Kier alpha value is -3.66. The first-order valence-corrected chi connectivity index (χ1v) is 10.0. The molecule has 1 aliphatic rings. The molecule has 0 saturated carbocycles. The summed E-state index contributed by atoms with van der Waals surface area (Å²) in [6.07, 6.45) is 3.93. The van der Waals surface area contributed by atoms with Gasteiger partial charge in [0.2, 0.25) is 5.91 Å². The first-order valence-electron chi connectivity index (χ1n) is 10.0. The van der Waals surface area contributed by atoms with Gasteiger partial charge in [0.15, 0.2) is 0 Å². The van der Waals surface area contributed by atoms with E-state index < -0.39 is 17.8 Å². The van der Waals surface area contributed by atoms with Crippen molar-refractivity contribution in [1.29, 1.82) is 0 Å². The van der Waals surface area contributed by atoms with Crippen LogP contribution in [0.25, 0.3) is 0 Å². The number of rotatable bonds is 5. The molecule has 0 aliphatic heterocycles. The number of para-hydroxylation sites is 1. The zero-order valence-corrected chi connectivity index (χ0v) is 16.4. The molecule has 0 fully saturated rings. The van der Waals surface area contributed by atoms with Crippen molar-refractivity contribution in [3.8, 4) is 0 Å². The maximum Gasteiger partial charge on any atom is 0.308 e. The fraction of sp³-hybridized carbons (Fsp3) is 0.154. The molecule has 4 nitrogen and oxygen atoms in total. The smallest absolute Gasteiger partial charge is 0.308 e. The number of hydrogen-bond donors (Lipinski definition) is 2. The molecule has 0 aromatic heterocycles. The molecule has 3 aromatic rings. The summed E-state index contributed by atoms with van der Waals surface area (Å²) in [6, 6.07) is 28.3. The van der Waals surface area contributed by atoms with Gasteiger partial charge in [-0.1, -0.05) is 91.0 Å². The summed E-state index contributed by atoms with van der Waals surface area (Å²) < 4.78 is 0. The van der Waals surface area contributed by atoms with E-state index in [4.69, 9.17) is 0 Å². The molecular formula is C26H23NO3. The van der Waals surface area contributed by atoms with Crippen LogP contribution in [0.2, 0.25) is 0 Å². The Morgan fingerprint density at radius 1 is 0.633 bits per heavy atom. The standard InChI is InChI=1S/C26H23NO3/c28-25(27-20-14-8-3-9-15-20)23-21(18-10-4-1-5-11-18)16-17-22(24(23)26(29)30)19-12-6-2-7-13-19/h1-17,21-24H,(H,27,28)(H,29,30)/t21-,22-,23+,24-/m0/s1. The molecule has 0 heterocycles. The molecule has 4 rings (SSSR count). The van der Waals surface area contributed by atoms with E-state index in [1.165, 1.54) is 0 Å². The monoisotopic (exact) mass is 397 g/mol. The van der Waals surface area contributed by atoms with Crippen LogP contribution in [0, 0.1) is 11.8 Å². The van der Waals surface area contributed by atoms with Crippen LogP contribution in [0.1, 0.15) is 23.0 Å². The van der Waals surface area contributed by atoms with E-state index in [0.717, 1.165) is 11.1 Å². The number of carbonyl (C=O) groups excluding carboxylic acids is 1. The number of hydrogen-bond acceptors (Lipinski definition) is 2. The number of benzene rings is 3. The summed E-state index contributed by atoms with van der Waals surface area (Å²) in [4.78, 5) is 25.9. The number of amides is 1. The fourth-order valence-electron chi connectivity index (χ4n) is 4.29. The average Bonchev–Trinajstić information content (AvgIpc) is 2.80. The zero-order valence-electron chi connectivity index (χ0n) is 16.4. The van der Waals surface area contributed by atoms with Crippen molar-refractivity contribution < 1.29 is 14.7 Å². The van der Waals surface area contributed by atoms with Crippen LogP contribution in [0.4, 0.5) is 5.69 Å². The molecule has 4 atom stereocenters. The number of allylic oxidation sites excluding steroid dienone is 2. The van der Waals surface area contributed by atoms with Gasteiger partial charge in [0.25, 0.3) is 0 Å². The van der Waals surface area contributed by atoms with Crippen molar-refractivity contribution >= 4 is 17.6 Å². The van der Waals surface area contributed by atoms with Gasteiger partial charge in [-0.25, -0.2) is 0 Å². The van der Waals surface area contributed by atoms with Crippen LogP contribution in [-0.2, 0) is 9.59 Å². The Morgan fingerprint density at radius 2 is 1.07 bits per heavy atom. The van der Waals surface area contributed by atoms with Gasteiger partial charge in [0, 0.05) is 17.5 Å². The molecule has 30 heavy (non-hydrogen) atoms. The molecule has 1 amide bonds. The lowest BCUT2D eigenvalue weighted by Gasteiger charge is -2.37. The topological polar surface area (TPSA) is 66.4 Å². The number of aliphatic carboxylic acids is 1. The largest absolute Gasteiger partial charge is 0.481 e. The highest BCUT2D eigenvalue weighted by Gasteiger charge is 2.46. The number of carboxylic acids is 1. The van der Waals surface area contributed by atoms with E-state index in [2.05, 4.69) is 5.32 Å². The molecule has 0 radical (unpaired) electrons. The third-order valence-electron chi connectivity index (χ3n) is 5.68. The van der Waals surface area contributed by atoms with E-state index in [1.54, 1.807) is 12.1 Å². The van der Waals surface area contributed by atoms with E-state index >= 15 is 0 Å². The van der Waals surface area contributed by atoms with Crippen molar-refractivity contribution in [2.45, 2.75) is 11.8 Å². The second-order valence-electron chi connectivity index (χ2n) is 7.50. The van der Waals surface area contributed by atoms with Crippen LogP contribution in [-0.4, -0.2) is 17.0 Å². The Balaban J connectivity index is 1.78. The summed E-state index contributed by atoms with van der Waals surface area (Å²) in [5.74, 6) is -3.59. The molecule has 0 spiro atoms. The summed E-state index contributed by atoms with van der Waals surface area (Å²) in [5, 5.41) is 13.1. The van der Waals surface area contributed by atoms with Gasteiger partial charge < -0.3 is 10.4 Å². The Labute approximate surface area is 175 Å². The number of carboxylic acid groups (broad SMARTS) is 1. The van der Waals surface area contributed by atoms with Gasteiger partial charge in [-0.05, 0) is 23.3 Å². The molecular weight excluding hydrogens is 374 g/mol. The molecule has 1 aliphatic carbocycles. The summed E-state index contributed by atoms with van der Waals surface area (Å²) >= 11 is 0. The Kier molecular flexibility index (Phi) is 5.75. The number of carbonyl (C=O) groups is 2. The lowest BCUT2D eigenvalue weighted by molar-refractivity contribution is -0.147. The molecule has 0 saturated heterocycles. The van der Waals surface area contributed by atoms with Gasteiger partial charge >= 0.3 is 5.97 Å². The van der Waals surface area contributed by atoms with Gasteiger partial charge in [-0.15, -0.1) is 0 Å². The Bertz CT molecular complexity index is 1030. The first-order chi connectivity index (χ1) is 14.6. The zero-order chi connectivity index (χ0) is 20.9. The predicted molar refractivity (Wildman–Crippen MR) is 117 cm³/mol. The highest BCUT2D eigenvalue weighted by Crippen LogP contribution is 2.45.